The van der Waals surface area contributed by atoms with Crippen molar-refractivity contribution >= 4 is 52.6 Å². The number of aldehydes is 1. The van der Waals surface area contributed by atoms with E-state index in [2.05, 4.69) is 10.3 Å². The molecule has 1 heterocycles. The maximum Gasteiger partial charge on any atom is 0.252 e. The molecule has 0 spiro atoms. The molecule has 7 heteroatoms. The van der Waals surface area contributed by atoms with Gasteiger partial charge >= 0.3 is 0 Å². The average molecular weight is 429 g/mol. The van der Waals surface area contributed by atoms with Gasteiger partial charge in [-0.2, -0.15) is 0 Å². The van der Waals surface area contributed by atoms with Gasteiger partial charge in [-0.3, -0.25) is 9.59 Å². The number of thiazole rings is 1. The van der Waals surface area contributed by atoms with Crippen molar-refractivity contribution in [1.29, 1.82) is 0 Å². The van der Waals surface area contributed by atoms with E-state index in [1.165, 1.54) is 11.3 Å². The van der Waals surface area contributed by atoms with E-state index in [-0.39, 0.29) is 35.9 Å². The van der Waals surface area contributed by atoms with Crippen LogP contribution in [0.4, 0.5) is 5.13 Å². The Morgan fingerprint density at radius 3 is 2.95 bits per heavy atom. The summed E-state index contributed by atoms with van der Waals surface area (Å²) in [7, 11) is 0. The van der Waals surface area contributed by atoms with E-state index < -0.39 is 0 Å². The van der Waals surface area contributed by atoms with Crippen LogP contribution in [0.1, 0.15) is 37.7 Å². The summed E-state index contributed by atoms with van der Waals surface area (Å²) in [6, 6.07) is 6.87. The van der Waals surface area contributed by atoms with E-state index in [9.17, 15) is 9.59 Å². The van der Waals surface area contributed by atoms with Crippen LogP contribution in [0.5, 0.6) is 0 Å². The van der Waals surface area contributed by atoms with Gasteiger partial charge in [0.15, 0.2) is 11.4 Å². The first kappa shape index (κ1) is 16.9. The molecule has 3 N–H and O–H groups in total. The second kappa shape index (κ2) is 7.19. The Morgan fingerprint density at radius 2 is 2.18 bits per heavy atom. The van der Waals surface area contributed by atoms with Crippen molar-refractivity contribution in [3.8, 4) is 0 Å². The Morgan fingerprint density at radius 1 is 1.41 bits per heavy atom. The number of nitrogens with two attached hydrogens (primary N) is 1. The van der Waals surface area contributed by atoms with Crippen LogP contribution in [0.2, 0.25) is 0 Å². The fourth-order valence-electron chi connectivity index (χ4n) is 2.59. The summed E-state index contributed by atoms with van der Waals surface area (Å²) in [6.07, 6.45) is 3.12. The highest BCUT2D eigenvalue weighted by Gasteiger charge is 2.24. The summed E-state index contributed by atoms with van der Waals surface area (Å²) in [4.78, 5) is 28.7. The number of nitrogens with one attached hydrogen (secondary N) is 1. The van der Waals surface area contributed by atoms with Crippen LogP contribution >= 0.6 is 35.3 Å². The Labute approximate surface area is 149 Å². The molecular weight excluding hydrogens is 413 g/mol. The Balaban J connectivity index is 0.00000176. The Kier molecular flexibility index (Phi) is 5.52. The Hall–Kier alpha value is -1.48. The van der Waals surface area contributed by atoms with Crippen molar-refractivity contribution in [1.82, 2.24) is 10.3 Å². The van der Waals surface area contributed by atoms with E-state index in [0.29, 0.717) is 22.5 Å². The Bertz CT molecular complexity index is 702. The molecule has 1 atom stereocenters. The first-order valence-corrected chi connectivity index (χ1v) is 7.58. The molecule has 116 valence electrons. The number of rotatable bonds is 3. The number of hydrogen-bond donors (Lipinski definition) is 2. The van der Waals surface area contributed by atoms with Crippen molar-refractivity contribution in [2.45, 2.75) is 25.3 Å². The van der Waals surface area contributed by atoms with E-state index in [0.717, 1.165) is 29.8 Å². The molecule has 0 saturated heterocycles. The molecule has 1 aliphatic rings. The molecule has 3 rings (SSSR count). The molecule has 0 saturated carbocycles. The molecule has 0 fully saturated rings. The lowest BCUT2D eigenvalue weighted by Gasteiger charge is -2.22. The molecule has 1 amide bonds. The van der Waals surface area contributed by atoms with E-state index in [1.807, 2.05) is 0 Å². The second-order valence-electron chi connectivity index (χ2n) is 5.04. The highest BCUT2D eigenvalue weighted by atomic mass is 127. The number of hydrogen-bond acceptors (Lipinski definition) is 5. The number of fused-ring (bicyclic) bond motifs is 1. The third-order valence-corrected chi connectivity index (χ3v) is 4.57. The first-order valence-electron chi connectivity index (χ1n) is 6.76. The van der Waals surface area contributed by atoms with Gasteiger partial charge in [-0.1, -0.05) is 18.2 Å². The van der Waals surface area contributed by atoms with Crippen molar-refractivity contribution in [3.63, 3.8) is 0 Å². The summed E-state index contributed by atoms with van der Waals surface area (Å²) in [5, 5.41) is 3.58. The minimum absolute atomic E-state index is 0. The van der Waals surface area contributed by atoms with Crippen LogP contribution in [0.3, 0.4) is 0 Å². The second-order valence-corrected chi connectivity index (χ2v) is 6.16. The quantitative estimate of drug-likeness (QED) is 0.580. The first-order chi connectivity index (χ1) is 10.2. The topological polar surface area (TPSA) is 85.1 Å². The van der Waals surface area contributed by atoms with Crippen molar-refractivity contribution < 1.29 is 9.59 Å². The molecule has 1 aliphatic carbocycles. The van der Waals surface area contributed by atoms with Crippen molar-refractivity contribution in [2.75, 3.05) is 5.73 Å². The number of amides is 1. The number of nitrogen functional groups attached to an aromatic ring is 1. The number of aryl methyl sites for hydroxylation is 1. The van der Waals surface area contributed by atoms with Crippen LogP contribution in [-0.4, -0.2) is 23.2 Å². The van der Waals surface area contributed by atoms with Crippen LogP contribution in [0.15, 0.2) is 24.3 Å². The highest BCUT2D eigenvalue weighted by Crippen LogP contribution is 2.28. The summed E-state index contributed by atoms with van der Waals surface area (Å²) in [5.74, 6) is -0.205. The normalized spacial score (nSPS) is 16.3. The number of halogens is 1. The summed E-state index contributed by atoms with van der Waals surface area (Å²) < 4.78 is 0. The van der Waals surface area contributed by atoms with Crippen LogP contribution in [0, 0.1) is 0 Å². The maximum atomic E-state index is 12.3. The van der Waals surface area contributed by atoms with Crippen LogP contribution < -0.4 is 11.1 Å². The summed E-state index contributed by atoms with van der Waals surface area (Å²) >= 11 is 1.48. The van der Waals surface area contributed by atoms with Gasteiger partial charge in [0.1, 0.15) is 0 Å². The standard InChI is InChI=1S/C15H15N3O2S.HI/c16-15-18-12-6-5-10(7-13(12)21-15)17-14(20)11-4-2-1-3-9(11)8-19;/h1-4,8,10H,5-7H2,(H2,16,18)(H,17,20);1H. The maximum absolute atomic E-state index is 12.3. The smallest absolute Gasteiger partial charge is 0.252 e. The van der Waals surface area contributed by atoms with Gasteiger partial charge in [-0.25, -0.2) is 4.98 Å². The average Bonchev–Trinajstić information content (AvgIpc) is 2.86. The molecule has 1 aromatic carbocycles. The van der Waals surface area contributed by atoms with Gasteiger partial charge in [0.25, 0.3) is 5.91 Å². The molecule has 0 aliphatic heterocycles. The zero-order valence-corrected chi connectivity index (χ0v) is 14.9. The van der Waals surface area contributed by atoms with Crippen LogP contribution in [-0.2, 0) is 12.8 Å². The third-order valence-electron chi connectivity index (χ3n) is 3.62. The monoisotopic (exact) mass is 429 g/mol. The number of carbonyl (C=O) groups excluding carboxylic acids is 2. The van der Waals surface area contributed by atoms with Gasteiger partial charge in [-0.05, 0) is 18.9 Å². The fourth-order valence-corrected chi connectivity index (χ4v) is 3.55. The zero-order valence-electron chi connectivity index (χ0n) is 11.7. The lowest BCUT2D eigenvalue weighted by Crippen LogP contribution is -2.38. The zero-order chi connectivity index (χ0) is 14.8. The number of aromatic nitrogens is 1. The molecule has 22 heavy (non-hydrogen) atoms. The van der Waals surface area contributed by atoms with Gasteiger partial charge in [0.2, 0.25) is 0 Å². The number of carbonyl (C=O) groups is 2. The summed E-state index contributed by atoms with van der Waals surface area (Å²) in [6.45, 7) is 0. The molecule has 0 bridgehead atoms. The lowest BCUT2D eigenvalue weighted by atomic mass is 9.97. The molecule has 1 unspecified atom stereocenters. The molecule has 0 radical (unpaired) electrons. The molecule has 5 nitrogen and oxygen atoms in total. The molecular formula is C15H16IN3O2S. The van der Waals surface area contributed by atoms with Gasteiger partial charge < -0.3 is 11.1 Å². The minimum Gasteiger partial charge on any atom is -0.375 e. The SMILES string of the molecule is I.Nc1nc2c(s1)CC(NC(=O)c1ccccc1C=O)CC2. The van der Waals surface area contributed by atoms with E-state index in [4.69, 9.17) is 5.73 Å². The van der Waals surface area contributed by atoms with E-state index >= 15 is 0 Å². The highest BCUT2D eigenvalue weighted by molar-refractivity contribution is 14.0. The number of benzene rings is 1. The molecule has 1 aromatic heterocycles. The van der Waals surface area contributed by atoms with E-state index in [1.54, 1.807) is 24.3 Å². The fraction of sp³-hybridized carbons (Fsp3) is 0.267. The van der Waals surface area contributed by atoms with Crippen LogP contribution in [0.25, 0.3) is 0 Å². The predicted molar refractivity (Wildman–Crippen MR) is 97.1 cm³/mol. The molecule has 2 aromatic rings. The third kappa shape index (κ3) is 3.46. The minimum atomic E-state index is -0.205. The van der Waals surface area contributed by atoms with Gasteiger partial charge in [0.05, 0.1) is 5.69 Å². The van der Waals surface area contributed by atoms with Crippen molar-refractivity contribution in [3.05, 3.63) is 46.0 Å². The van der Waals surface area contributed by atoms with Crippen molar-refractivity contribution in [2.24, 2.45) is 0 Å². The largest absolute Gasteiger partial charge is 0.375 e. The number of anilines is 1. The van der Waals surface area contributed by atoms with Gasteiger partial charge in [0, 0.05) is 28.5 Å². The lowest BCUT2D eigenvalue weighted by molar-refractivity contribution is 0.0928. The summed E-state index contributed by atoms with van der Waals surface area (Å²) in [5.41, 5.74) is 7.60. The predicted octanol–water partition coefficient (Wildman–Crippen LogP) is 2.44. The number of nitrogens with zero attached hydrogens (tertiary/aromatic N) is 1. The van der Waals surface area contributed by atoms with Gasteiger partial charge in [-0.15, -0.1) is 35.3 Å².